The van der Waals surface area contributed by atoms with E-state index in [4.69, 9.17) is 5.26 Å². The molecule has 23 heavy (non-hydrogen) atoms. The van der Waals surface area contributed by atoms with Gasteiger partial charge in [0.25, 0.3) is 0 Å². The van der Waals surface area contributed by atoms with Crippen LogP contribution in [0.4, 0.5) is 5.69 Å². The van der Waals surface area contributed by atoms with Gasteiger partial charge in [-0.25, -0.2) is 0 Å². The first-order valence-corrected chi connectivity index (χ1v) is 7.73. The number of carbonyl (C=O) groups is 1. The second kappa shape index (κ2) is 8.72. The maximum atomic E-state index is 11.5. The molecule has 2 aromatic rings. The number of rotatable bonds is 7. The molecule has 4 nitrogen and oxygen atoms in total. The number of nitrogens with one attached hydrogen (secondary N) is 1. The third kappa shape index (κ3) is 5.57. The number of anilines is 1. The largest absolute Gasteiger partial charge is 0.325 e. The highest BCUT2D eigenvalue weighted by atomic mass is 16.1. The van der Waals surface area contributed by atoms with Gasteiger partial charge in [-0.15, -0.1) is 0 Å². The number of hydrogen-bond donors (Lipinski definition) is 1. The van der Waals surface area contributed by atoms with Gasteiger partial charge in [0.1, 0.15) is 6.42 Å². The summed E-state index contributed by atoms with van der Waals surface area (Å²) in [5.74, 6) is -0.277. The number of amides is 1. The van der Waals surface area contributed by atoms with Crippen LogP contribution in [0.25, 0.3) is 0 Å². The lowest BCUT2D eigenvalue weighted by atomic mass is 10.1. The van der Waals surface area contributed by atoms with Gasteiger partial charge in [-0.2, -0.15) is 5.26 Å². The van der Waals surface area contributed by atoms with Gasteiger partial charge in [0.2, 0.25) is 5.91 Å². The standard InChI is InChI=1S/C19H21N3O/c1-2-22(14-16-7-4-3-5-8-16)15-17-9-6-10-18(13-17)21-19(23)11-12-20/h3-10,13H,2,11,14-15H2,1H3,(H,21,23). The molecule has 0 saturated carbocycles. The molecule has 1 amide bonds. The summed E-state index contributed by atoms with van der Waals surface area (Å²) in [6.07, 6.45) is -0.126. The van der Waals surface area contributed by atoms with Crippen molar-refractivity contribution in [1.29, 1.82) is 5.26 Å². The molecular weight excluding hydrogens is 286 g/mol. The van der Waals surface area contributed by atoms with E-state index in [2.05, 4.69) is 41.4 Å². The Morgan fingerprint density at radius 2 is 1.78 bits per heavy atom. The van der Waals surface area contributed by atoms with Crippen LogP contribution in [0.3, 0.4) is 0 Å². The van der Waals surface area contributed by atoms with Crippen LogP contribution in [-0.2, 0) is 17.9 Å². The van der Waals surface area contributed by atoms with Crippen LogP contribution < -0.4 is 5.32 Å². The molecule has 0 radical (unpaired) electrons. The lowest BCUT2D eigenvalue weighted by Crippen LogP contribution is -2.22. The zero-order chi connectivity index (χ0) is 16.5. The van der Waals surface area contributed by atoms with Crippen LogP contribution in [0.2, 0.25) is 0 Å². The molecule has 2 rings (SSSR count). The minimum Gasteiger partial charge on any atom is -0.325 e. The molecule has 0 fully saturated rings. The fourth-order valence-electron chi connectivity index (χ4n) is 2.40. The zero-order valence-electron chi connectivity index (χ0n) is 13.3. The average Bonchev–Trinajstić information content (AvgIpc) is 2.55. The fourth-order valence-corrected chi connectivity index (χ4v) is 2.40. The normalized spacial score (nSPS) is 10.3. The lowest BCUT2D eigenvalue weighted by molar-refractivity contribution is -0.115. The van der Waals surface area contributed by atoms with E-state index in [1.807, 2.05) is 36.4 Å². The highest BCUT2D eigenvalue weighted by Gasteiger charge is 2.07. The van der Waals surface area contributed by atoms with Crippen LogP contribution in [0.5, 0.6) is 0 Å². The van der Waals surface area contributed by atoms with Crippen molar-refractivity contribution in [2.45, 2.75) is 26.4 Å². The average molecular weight is 307 g/mol. The molecule has 0 heterocycles. The van der Waals surface area contributed by atoms with Crippen molar-refractivity contribution >= 4 is 11.6 Å². The molecule has 0 spiro atoms. The second-order valence-electron chi connectivity index (χ2n) is 5.37. The number of hydrogen-bond acceptors (Lipinski definition) is 3. The van der Waals surface area contributed by atoms with Crippen molar-refractivity contribution < 1.29 is 4.79 Å². The van der Waals surface area contributed by atoms with Crippen LogP contribution in [0.15, 0.2) is 54.6 Å². The van der Waals surface area contributed by atoms with Crippen molar-refractivity contribution in [3.05, 3.63) is 65.7 Å². The summed E-state index contributed by atoms with van der Waals surface area (Å²) < 4.78 is 0. The third-order valence-corrected chi connectivity index (χ3v) is 3.55. The first-order valence-electron chi connectivity index (χ1n) is 7.73. The number of benzene rings is 2. The summed E-state index contributed by atoms with van der Waals surface area (Å²) in [7, 11) is 0. The Labute approximate surface area is 137 Å². The number of nitrogens with zero attached hydrogens (tertiary/aromatic N) is 2. The molecule has 118 valence electrons. The molecule has 0 bridgehead atoms. The van der Waals surface area contributed by atoms with E-state index in [1.54, 1.807) is 0 Å². The summed E-state index contributed by atoms with van der Waals surface area (Å²) in [6, 6.07) is 20.0. The van der Waals surface area contributed by atoms with E-state index < -0.39 is 0 Å². The van der Waals surface area contributed by atoms with E-state index in [-0.39, 0.29) is 12.3 Å². The molecule has 0 unspecified atom stereocenters. The molecule has 2 aromatic carbocycles. The van der Waals surface area contributed by atoms with Gasteiger partial charge in [-0.1, -0.05) is 49.4 Å². The van der Waals surface area contributed by atoms with Crippen LogP contribution >= 0.6 is 0 Å². The highest BCUT2D eigenvalue weighted by Crippen LogP contribution is 2.14. The molecule has 0 aromatic heterocycles. The maximum Gasteiger partial charge on any atom is 0.238 e. The Hall–Kier alpha value is -2.64. The molecule has 1 N–H and O–H groups in total. The Balaban J connectivity index is 2.00. The lowest BCUT2D eigenvalue weighted by Gasteiger charge is -2.21. The summed E-state index contributed by atoms with van der Waals surface area (Å²) in [5, 5.41) is 11.3. The topological polar surface area (TPSA) is 56.1 Å². The molecule has 0 aliphatic rings. The molecule has 0 atom stereocenters. The summed E-state index contributed by atoms with van der Waals surface area (Å²) in [5.41, 5.74) is 3.16. The number of carbonyl (C=O) groups excluding carboxylic acids is 1. The smallest absolute Gasteiger partial charge is 0.238 e. The Morgan fingerprint density at radius 3 is 2.48 bits per heavy atom. The van der Waals surface area contributed by atoms with Crippen molar-refractivity contribution in [3.63, 3.8) is 0 Å². The van der Waals surface area contributed by atoms with E-state index in [1.165, 1.54) is 5.56 Å². The van der Waals surface area contributed by atoms with Crippen LogP contribution in [0.1, 0.15) is 24.5 Å². The van der Waals surface area contributed by atoms with E-state index in [9.17, 15) is 4.79 Å². The quantitative estimate of drug-likeness (QED) is 0.851. The van der Waals surface area contributed by atoms with E-state index in [0.717, 1.165) is 30.9 Å². The van der Waals surface area contributed by atoms with Gasteiger partial charge < -0.3 is 5.32 Å². The predicted molar refractivity (Wildman–Crippen MR) is 91.5 cm³/mol. The third-order valence-electron chi connectivity index (χ3n) is 3.55. The van der Waals surface area contributed by atoms with Gasteiger partial charge in [0.15, 0.2) is 0 Å². The van der Waals surface area contributed by atoms with Gasteiger partial charge in [-0.05, 0) is 29.8 Å². The SMILES string of the molecule is CCN(Cc1ccccc1)Cc1cccc(NC(=O)CC#N)c1. The van der Waals surface area contributed by atoms with Gasteiger partial charge in [0.05, 0.1) is 6.07 Å². The van der Waals surface area contributed by atoms with Gasteiger partial charge >= 0.3 is 0 Å². The minimum atomic E-state index is -0.277. The molecular formula is C19H21N3O. The minimum absolute atomic E-state index is 0.126. The molecule has 0 saturated heterocycles. The van der Waals surface area contributed by atoms with Crippen LogP contribution in [-0.4, -0.2) is 17.4 Å². The highest BCUT2D eigenvalue weighted by molar-refractivity contribution is 5.92. The first-order chi connectivity index (χ1) is 11.2. The molecule has 0 aliphatic heterocycles. The summed E-state index contributed by atoms with van der Waals surface area (Å²) >= 11 is 0. The summed E-state index contributed by atoms with van der Waals surface area (Å²) in [4.78, 5) is 13.8. The molecule has 0 aliphatic carbocycles. The second-order valence-corrected chi connectivity index (χ2v) is 5.37. The van der Waals surface area contributed by atoms with E-state index >= 15 is 0 Å². The predicted octanol–water partition coefficient (Wildman–Crippen LogP) is 3.56. The first kappa shape index (κ1) is 16.7. The maximum absolute atomic E-state index is 11.5. The monoisotopic (exact) mass is 307 g/mol. The Bertz CT molecular complexity index is 677. The summed E-state index contributed by atoms with van der Waals surface area (Å²) in [6.45, 7) is 4.79. The van der Waals surface area contributed by atoms with Crippen molar-refractivity contribution in [1.82, 2.24) is 4.90 Å². The van der Waals surface area contributed by atoms with Crippen molar-refractivity contribution in [3.8, 4) is 6.07 Å². The Kier molecular flexibility index (Phi) is 6.34. The van der Waals surface area contributed by atoms with Gasteiger partial charge in [-0.3, -0.25) is 9.69 Å². The number of nitriles is 1. The molecule has 4 heteroatoms. The zero-order valence-corrected chi connectivity index (χ0v) is 13.3. The Morgan fingerprint density at radius 1 is 1.09 bits per heavy atom. The van der Waals surface area contributed by atoms with Crippen molar-refractivity contribution in [2.24, 2.45) is 0 Å². The van der Waals surface area contributed by atoms with E-state index in [0.29, 0.717) is 0 Å². The van der Waals surface area contributed by atoms with Gasteiger partial charge in [0, 0.05) is 18.8 Å². The fraction of sp³-hybridized carbons (Fsp3) is 0.263. The van der Waals surface area contributed by atoms with Crippen molar-refractivity contribution in [2.75, 3.05) is 11.9 Å². The van der Waals surface area contributed by atoms with Crippen LogP contribution in [0, 0.1) is 11.3 Å².